The Morgan fingerprint density at radius 2 is 2.14 bits per heavy atom. The van der Waals surface area contributed by atoms with Crippen LogP contribution in [0.3, 0.4) is 0 Å². The lowest BCUT2D eigenvalue weighted by Crippen LogP contribution is -2.00. The summed E-state index contributed by atoms with van der Waals surface area (Å²) in [7, 11) is 1.67. The molecule has 1 aromatic carbocycles. The number of benzene rings is 1. The summed E-state index contributed by atoms with van der Waals surface area (Å²) in [6, 6.07) is 8.13. The Morgan fingerprint density at radius 3 is 2.76 bits per heavy atom. The van der Waals surface area contributed by atoms with Crippen molar-refractivity contribution in [3.63, 3.8) is 0 Å². The van der Waals surface area contributed by atoms with E-state index in [2.05, 4.69) is 30.5 Å². The van der Waals surface area contributed by atoms with E-state index in [1.54, 1.807) is 18.4 Å². The van der Waals surface area contributed by atoms with Gasteiger partial charge in [0, 0.05) is 17.5 Å². The second-order valence-electron chi connectivity index (χ2n) is 5.08. The van der Waals surface area contributed by atoms with Crippen LogP contribution in [0.5, 0.6) is 5.75 Å². The van der Waals surface area contributed by atoms with Crippen molar-refractivity contribution >= 4 is 27.4 Å². The molecule has 3 aromatic rings. The van der Waals surface area contributed by atoms with Gasteiger partial charge in [0.2, 0.25) is 0 Å². The molecule has 4 nitrogen and oxygen atoms in total. The quantitative estimate of drug-likeness (QED) is 0.790. The summed E-state index contributed by atoms with van der Waals surface area (Å²) in [5, 5.41) is 0.826. The molecule has 0 saturated carbocycles. The lowest BCUT2D eigenvalue weighted by atomic mass is 10.2. The highest BCUT2D eigenvalue weighted by Gasteiger charge is 2.16. The Bertz CT molecular complexity index is 788. The zero-order valence-corrected chi connectivity index (χ0v) is 13.3. The van der Waals surface area contributed by atoms with Crippen molar-refractivity contribution in [1.82, 2.24) is 9.55 Å². The predicted octanol–water partition coefficient (Wildman–Crippen LogP) is 4.07. The number of aryl methyl sites for hydroxylation is 2. The Hall–Kier alpha value is -2.01. The van der Waals surface area contributed by atoms with Crippen molar-refractivity contribution in [2.24, 2.45) is 0 Å². The van der Waals surface area contributed by atoms with Gasteiger partial charge in [-0.15, -0.1) is 11.3 Å². The third kappa shape index (κ3) is 2.38. The summed E-state index contributed by atoms with van der Waals surface area (Å²) in [5.41, 5.74) is 9.25. The summed E-state index contributed by atoms with van der Waals surface area (Å²) in [4.78, 5) is 6.00. The van der Waals surface area contributed by atoms with Crippen LogP contribution in [0.2, 0.25) is 0 Å². The highest BCUT2D eigenvalue weighted by atomic mass is 32.1. The molecule has 0 saturated heterocycles. The number of fused-ring (bicyclic) bond motifs is 1. The van der Waals surface area contributed by atoms with Crippen LogP contribution in [-0.2, 0) is 6.54 Å². The monoisotopic (exact) mass is 301 g/mol. The lowest BCUT2D eigenvalue weighted by molar-refractivity contribution is 0.415. The molecule has 2 N–H and O–H groups in total. The molecule has 2 aromatic heterocycles. The second-order valence-corrected chi connectivity index (χ2v) is 6.36. The van der Waals surface area contributed by atoms with Crippen LogP contribution < -0.4 is 10.5 Å². The van der Waals surface area contributed by atoms with Crippen LogP contribution in [0.25, 0.3) is 22.4 Å². The number of nitrogen functional groups attached to an aromatic ring is 1. The number of methoxy groups -OCH3 is 1. The topological polar surface area (TPSA) is 53.1 Å². The molecule has 0 aliphatic rings. The fraction of sp³-hybridized carbons (Fsp3) is 0.312. The van der Waals surface area contributed by atoms with E-state index in [-0.39, 0.29) is 0 Å². The Morgan fingerprint density at radius 1 is 1.33 bits per heavy atom. The molecule has 110 valence electrons. The van der Waals surface area contributed by atoms with Gasteiger partial charge < -0.3 is 15.0 Å². The highest BCUT2D eigenvalue weighted by Crippen LogP contribution is 2.35. The van der Waals surface area contributed by atoms with Gasteiger partial charge in [0.15, 0.2) is 0 Å². The van der Waals surface area contributed by atoms with Crippen molar-refractivity contribution < 1.29 is 4.74 Å². The van der Waals surface area contributed by atoms with Gasteiger partial charge >= 0.3 is 0 Å². The first kappa shape index (κ1) is 13.9. The first-order valence-corrected chi connectivity index (χ1v) is 7.86. The number of thiophene rings is 1. The molecule has 0 bridgehead atoms. The minimum Gasteiger partial charge on any atom is -0.497 e. The first-order chi connectivity index (χ1) is 10.1. The van der Waals surface area contributed by atoms with Gasteiger partial charge in [0.25, 0.3) is 0 Å². The van der Waals surface area contributed by atoms with Crippen LogP contribution in [-0.4, -0.2) is 16.7 Å². The Labute approximate surface area is 128 Å². The van der Waals surface area contributed by atoms with E-state index >= 15 is 0 Å². The maximum absolute atomic E-state index is 6.16. The van der Waals surface area contributed by atoms with E-state index in [1.165, 1.54) is 4.88 Å². The lowest BCUT2D eigenvalue weighted by Gasteiger charge is -2.07. The summed E-state index contributed by atoms with van der Waals surface area (Å²) in [5.74, 6) is 1.77. The van der Waals surface area contributed by atoms with E-state index in [0.717, 1.165) is 46.1 Å². The normalized spacial score (nSPS) is 11.2. The molecule has 21 heavy (non-hydrogen) atoms. The maximum atomic E-state index is 6.16. The maximum Gasteiger partial charge on any atom is 0.144 e. The van der Waals surface area contributed by atoms with Crippen molar-refractivity contribution in [1.29, 1.82) is 0 Å². The van der Waals surface area contributed by atoms with E-state index in [4.69, 9.17) is 15.5 Å². The van der Waals surface area contributed by atoms with Crippen molar-refractivity contribution in [3.8, 4) is 17.1 Å². The van der Waals surface area contributed by atoms with Crippen LogP contribution in [0.4, 0.5) is 5.00 Å². The van der Waals surface area contributed by atoms with E-state index in [1.807, 2.05) is 12.1 Å². The minimum atomic E-state index is 0.824. The largest absolute Gasteiger partial charge is 0.497 e. The number of hydrogen-bond acceptors (Lipinski definition) is 4. The number of imidazole rings is 1. The van der Waals surface area contributed by atoms with Crippen LogP contribution >= 0.6 is 11.3 Å². The van der Waals surface area contributed by atoms with Crippen LogP contribution in [0, 0.1) is 6.92 Å². The molecule has 0 fully saturated rings. The molecule has 2 heterocycles. The van der Waals surface area contributed by atoms with Crippen molar-refractivity contribution in [3.05, 3.63) is 29.1 Å². The van der Waals surface area contributed by atoms with Gasteiger partial charge in [0.1, 0.15) is 11.6 Å². The van der Waals surface area contributed by atoms with Gasteiger partial charge in [0.05, 0.1) is 28.7 Å². The number of rotatable bonds is 4. The number of anilines is 1. The average molecular weight is 301 g/mol. The zero-order valence-electron chi connectivity index (χ0n) is 12.5. The first-order valence-electron chi connectivity index (χ1n) is 7.04. The number of aromatic nitrogens is 2. The smallest absolute Gasteiger partial charge is 0.144 e. The molecule has 3 rings (SSSR count). The zero-order chi connectivity index (χ0) is 15.0. The highest BCUT2D eigenvalue weighted by molar-refractivity contribution is 7.16. The SMILES string of the molecule is CCCn1c(-c2cc(C)sc2N)nc2cc(OC)ccc21. The molecule has 0 amide bonds. The van der Waals surface area contributed by atoms with Gasteiger partial charge in [-0.05, 0) is 31.5 Å². The third-order valence-corrected chi connectivity index (χ3v) is 4.41. The fourth-order valence-electron chi connectivity index (χ4n) is 2.60. The van der Waals surface area contributed by atoms with Gasteiger partial charge in [-0.1, -0.05) is 6.92 Å². The van der Waals surface area contributed by atoms with Gasteiger partial charge in [-0.25, -0.2) is 4.98 Å². The van der Waals surface area contributed by atoms with Crippen molar-refractivity contribution in [2.45, 2.75) is 26.8 Å². The molecule has 0 unspecified atom stereocenters. The molecule has 5 heteroatoms. The number of hydrogen-bond donors (Lipinski definition) is 1. The molecular formula is C16H19N3OS. The standard InChI is InChI=1S/C16H19N3OS/c1-4-7-19-14-6-5-11(20-3)9-13(14)18-16(19)12-8-10(2)21-15(12)17/h5-6,8-9H,4,7,17H2,1-3H3. The van der Waals surface area contributed by atoms with E-state index < -0.39 is 0 Å². The molecule has 0 atom stereocenters. The van der Waals surface area contributed by atoms with Gasteiger partial charge in [-0.3, -0.25) is 0 Å². The second kappa shape index (κ2) is 5.41. The van der Waals surface area contributed by atoms with Crippen molar-refractivity contribution in [2.75, 3.05) is 12.8 Å². The summed E-state index contributed by atoms with van der Waals surface area (Å²) in [6.45, 7) is 5.16. The number of ether oxygens (including phenoxy) is 1. The van der Waals surface area contributed by atoms with E-state index in [9.17, 15) is 0 Å². The Kier molecular flexibility index (Phi) is 3.59. The molecule has 0 aliphatic heterocycles. The average Bonchev–Trinajstić information content (AvgIpc) is 2.99. The van der Waals surface area contributed by atoms with E-state index in [0.29, 0.717) is 0 Å². The number of nitrogens with two attached hydrogens (primary N) is 1. The number of nitrogens with zero attached hydrogens (tertiary/aromatic N) is 2. The Balaban J connectivity index is 2.25. The van der Waals surface area contributed by atoms with Crippen LogP contribution in [0.15, 0.2) is 24.3 Å². The molecule has 0 spiro atoms. The third-order valence-electron chi connectivity index (χ3n) is 3.53. The predicted molar refractivity (Wildman–Crippen MR) is 89.0 cm³/mol. The summed E-state index contributed by atoms with van der Waals surface area (Å²) in [6.07, 6.45) is 1.05. The molecule has 0 aliphatic carbocycles. The van der Waals surface area contributed by atoms with Gasteiger partial charge in [-0.2, -0.15) is 0 Å². The summed E-state index contributed by atoms with van der Waals surface area (Å²) >= 11 is 1.61. The molecule has 0 radical (unpaired) electrons. The molecular weight excluding hydrogens is 282 g/mol. The van der Waals surface area contributed by atoms with Crippen LogP contribution in [0.1, 0.15) is 18.2 Å². The fourth-order valence-corrected chi connectivity index (χ4v) is 3.38. The summed E-state index contributed by atoms with van der Waals surface area (Å²) < 4.78 is 7.54. The minimum absolute atomic E-state index is 0.824.